The molecule has 1 unspecified atom stereocenters. The number of carbonyl (C=O) groups excluding carboxylic acids is 1. The zero-order chi connectivity index (χ0) is 18.2. The van der Waals surface area contributed by atoms with Gasteiger partial charge in [-0.25, -0.2) is 8.42 Å². The van der Waals surface area contributed by atoms with Crippen LogP contribution in [0, 0.1) is 0 Å². The van der Waals surface area contributed by atoms with E-state index in [9.17, 15) is 13.2 Å². The Hall–Kier alpha value is -1.77. The second-order valence-electron chi connectivity index (χ2n) is 5.49. The first-order valence-electron chi connectivity index (χ1n) is 7.25. The number of hydrogen-bond donors (Lipinski definition) is 1. The summed E-state index contributed by atoms with van der Waals surface area (Å²) in [5, 5.41) is 3.14. The topological polar surface area (TPSA) is 75.7 Å². The van der Waals surface area contributed by atoms with Crippen LogP contribution in [-0.2, 0) is 14.8 Å². The van der Waals surface area contributed by atoms with E-state index in [1.165, 1.54) is 4.31 Å². The quantitative estimate of drug-likeness (QED) is 0.787. The van der Waals surface area contributed by atoms with Crippen molar-refractivity contribution in [2.24, 2.45) is 0 Å². The second kappa shape index (κ2) is 6.86. The van der Waals surface area contributed by atoms with Gasteiger partial charge in [0.1, 0.15) is 5.75 Å². The molecule has 0 aromatic heterocycles. The molecule has 0 aliphatic carbocycles. The number of anilines is 2. The molecule has 6 nitrogen and oxygen atoms in total. The molecule has 0 spiro atoms. The van der Waals surface area contributed by atoms with Crippen LogP contribution in [0.1, 0.15) is 0 Å². The van der Waals surface area contributed by atoms with Gasteiger partial charge in [0.15, 0.2) is 6.10 Å². The molecule has 2 aromatic rings. The lowest BCUT2D eigenvalue weighted by Gasteiger charge is -2.33. The third kappa shape index (κ3) is 3.91. The number of nitrogens with zero attached hydrogens (tertiary/aromatic N) is 1. The number of fused-ring (bicyclic) bond motifs is 1. The summed E-state index contributed by atoms with van der Waals surface area (Å²) in [6, 6.07) is 11.7. The minimum Gasteiger partial charge on any atom is -0.476 e. The molecule has 132 valence electrons. The lowest BCUT2D eigenvalue weighted by atomic mass is 10.2. The summed E-state index contributed by atoms with van der Waals surface area (Å²) in [5.74, 6) is -0.116. The maximum atomic E-state index is 12.5. The van der Waals surface area contributed by atoms with E-state index < -0.39 is 22.0 Å². The van der Waals surface area contributed by atoms with Gasteiger partial charge in [0, 0.05) is 10.2 Å². The minimum atomic E-state index is -3.54. The van der Waals surface area contributed by atoms with Crippen LogP contribution in [0.2, 0.25) is 5.02 Å². The van der Waals surface area contributed by atoms with Crippen LogP contribution >= 0.6 is 27.5 Å². The molecule has 0 bridgehead atoms. The standard InChI is InChI=1S/C16H14BrClN2O4S/c1-25(22,23)20-9-15(24-14-5-3-2-4-13(14)20)16(21)19-10-6-7-11(17)12(18)8-10/h2-8,15H,9H2,1H3,(H,19,21). The zero-order valence-corrected chi connectivity index (χ0v) is 16.2. The summed E-state index contributed by atoms with van der Waals surface area (Å²) in [7, 11) is -3.54. The average Bonchev–Trinajstić information content (AvgIpc) is 2.56. The highest BCUT2D eigenvalue weighted by atomic mass is 79.9. The third-order valence-corrected chi connectivity index (χ3v) is 5.99. The number of hydrogen-bond acceptors (Lipinski definition) is 4. The average molecular weight is 446 g/mol. The van der Waals surface area contributed by atoms with Gasteiger partial charge in [-0.3, -0.25) is 9.10 Å². The van der Waals surface area contributed by atoms with Crippen molar-refractivity contribution in [3.63, 3.8) is 0 Å². The molecule has 2 aromatic carbocycles. The van der Waals surface area contributed by atoms with E-state index in [-0.39, 0.29) is 6.54 Å². The van der Waals surface area contributed by atoms with E-state index in [1.54, 1.807) is 42.5 Å². The number of amides is 1. The molecular formula is C16H14BrClN2O4S. The van der Waals surface area contributed by atoms with E-state index in [0.717, 1.165) is 6.26 Å². The lowest BCUT2D eigenvalue weighted by Crippen LogP contribution is -2.48. The molecule has 9 heteroatoms. The summed E-state index contributed by atoms with van der Waals surface area (Å²) >= 11 is 9.29. The number of rotatable bonds is 3. The largest absolute Gasteiger partial charge is 0.476 e. The SMILES string of the molecule is CS(=O)(=O)N1CC(C(=O)Nc2ccc(Br)c(Cl)c2)Oc2ccccc21. The maximum Gasteiger partial charge on any atom is 0.267 e. The van der Waals surface area contributed by atoms with Crippen LogP contribution in [0.25, 0.3) is 0 Å². The van der Waals surface area contributed by atoms with E-state index in [4.69, 9.17) is 16.3 Å². The van der Waals surface area contributed by atoms with E-state index in [1.807, 2.05) is 0 Å². The highest BCUT2D eigenvalue weighted by Crippen LogP contribution is 2.35. The molecule has 0 fully saturated rings. The number of benzene rings is 2. The number of ether oxygens (including phenoxy) is 1. The highest BCUT2D eigenvalue weighted by molar-refractivity contribution is 9.10. The van der Waals surface area contributed by atoms with Gasteiger partial charge in [-0.05, 0) is 46.3 Å². The Labute approximate surface area is 158 Å². The van der Waals surface area contributed by atoms with Gasteiger partial charge < -0.3 is 10.1 Å². The molecule has 1 heterocycles. The van der Waals surface area contributed by atoms with Gasteiger partial charge in [0.2, 0.25) is 10.0 Å². The first kappa shape index (κ1) is 18.0. The van der Waals surface area contributed by atoms with Crippen molar-refractivity contribution >= 4 is 54.8 Å². The molecule has 0 saturated carbocycles. The third-order valence-electron chi connectivity index (χ3n) is 3.61. The van der Waals surface area contributed by atoms with Crippen LogP contribution in [0.3, 0.4) is 0 Å². The maximum absolute atomic E-state index is 12.5. The predicted molar refractivity (Wildman–Crippen MR) is 101 cm³/mol. The molecule has 0 radical (unpaired) electrons. The smallest absolute Gasteiger partial charge is 0.267 e. The Morgan fingerprint density at radius 1 is 1.32 bits per heavy atom. The second-order valence-corrected chi connectivity index (χ2v) is 8.65. The first-order chi connectivity index (χ1) is 11.8. The molecule has 25 heavy (non-hydrogen) atoms. The van der Waals surface area contributed by atoms with Crippen LogP contribution in [-0.4, -0.2) is 33.2 Å². The molecule has 1 N–H and O–H groups in total. The van der Waals surface area contributed by atoms with Gasteiger partial charge in [-0.15, -0.1) is 0 Å². The molecule has 1 aliphatic heterocycles. The Bertz CT molecular complexity index is 935. The fourth-order valence-corrected chi connectivity index (χ4v) is 3.79. The fraction of sp³-hybridized carbons (Fsp3) is 0.188. The summed E-state index contributed by atoms with van der Waals surface area (Å²) in [5.41, 5.74) is 0.910. The van der Waals surface area contributed by atoms with Crippen molar-refractivity contribution < 1.29 is 17.9 Å². The van der Waals surface area contributed by atoms with Crippen molar-refractivity contribution in [3.8, 4) is 5.75 Å². The summed E-state index contributed by atoms with van der Waals surface area (Å²) in [4.78, 5) is 12.5. The van der Waals surface area contributed by atoms with Crippen LogP contribution in [0.4, 0.5) is 11.4 Å². The molecule has 1 amide bonds. The number of sulfonamides is 1. The summed E-state index contributed by atoms with van der Waals surface area (Å²) < 4.78 is 31.7. The monoisotopic (exact) mass is 444 g/mol. The minimum absolute atomic E-state index is 0.105. The van der Waals surface area contributed by atoms with E-state index in [2.05, 4.69) is 21.2 Å². The normalized spacial score (nSPS) is 16.8. The Kier molecular flexibility index (Phi) is 4.95. The highest BCUT2D eigenvalue weighted by Gasteiger charge is 2.34. The molecule has 1 aliphatic rings. The van der Waals surface area contributed by atoms with Crippen molar-refractivity contribution in [2.75, 3.05) is 22.4 Å². The van der Waals surface area contributed by atoms with Crippen molar-refractivity contribution in [1.82, 2.24) is 0 Å². The van der Waals surface area contributed by atoms with Gasteiger partial charge >= 0.3 is 0 Å². The zero-order valence-electron chi connectivity index (χ0n) is 13.1. The van der Waals surface area contributed by atoms with E-state index >= 15 is 0 Å². The van der Waals surface area contributed by atoms with Crippen LogP contribution in [0.15, 0.2) is 46.9 Å². The molecule has 0 saturated heterocycles. The van der Waals surface area contributed by atoms with Crippen molar-refractivity contribution in [1.29, 1.82) is 0 Å². The fourth-order valence-electron chi connectivity index (χ4n) is 2.45. The summed E-state index contributed by atoms with van der Waals surface area (Å²) in [6.45, 7) is -0.105. The number of carbonyl (C=O) groups is 1. The van der Waals surface area contributed by atoms with Crippen LogP contribution < -0.4 is 14.4 Å². The van der Waals surface area contributed by atoms with Crippen molar-refractivity contribution in [3.05, 3.63) is 52.0 Å². The van der Waals surface area contributed by atoms with Gasteiger partial charge in [0.05, 0.1) is 23.5 Å². The molecule has 1 atom stereocenters. The Morgan fingerprint density at radius 3 is 2.72 bits per heavy atom. The first-order valence-corrected chi connectivity index (χ1v) is 10.3. The Balaban J connectivity index is 1.85. The van der Waals surface area contributed by atoms with Gasteiger partial charge in [-0.1, -0.05) is 23.7 Å². The number of para-hydroxylation sites is 2. The van der Waals surface area contributed by atoms with E-state index in [0.29, 0.717) is 26.6 Å². The van der Waals surface area contributed by atoms with Crippen molar-refractivity contribution in [2.45, 2.75) is 6.10 Å². The number of halogens is 2. The molecule has 3 rings (SSSR count). The lowest BCUT2D eigenvalue weighted by molar-refractivity contribution is -0.122. The summed E-state index contributed by atoms with van der Waals surface area (Å²) in [6.07, 6.45) is 0.116. The predicted octanol–water partition coefficient (Wildman–Crippen LogP) is 3.27. The Morgan fingerprint density at radius 2 is 2.04 bits per heavy atom. The number of nitrogens with one attached hydrogen (secondary N) is 1. The molecular weight excluding hydrogens is 432 g/mol. The van der Waals surface area contributed by atoms with Gasteiger partial charge in [-0.2, -0.15) is 0 Å². The van der Waals surface area contributed by atoms with Crippen LogP contribution in [0.5, 0.6) is 5.75 Å². The van der Waals surface area contributed by atoms with Gasteiger partial charge in [0.25, 0.3) is 5.91 Å².